The van der Waals surface area contributed by atoms with Crippen molar-refractivity contribution in [1.82, 2.24) is 0 Å². The zero-order chi connectivity index (χ0) is 7.33. The maximum absolute atomic E-state index is 4.88. The first-order chi connectivity index (χ1) is 4.24. The molecule has 0 N–H and O–H groups in total. The van der Waals surface area contributed by atoms with Crippen molar-refractivity contribution in [2.24, 2.45) is 0 Å². The number of hydrogen-bond acceptors (Lipinski definition) is 4. The van der Waals surface area contributed by atoms with Gasteiger partial charge in [0.1, 0.15) is 0 Å². The van der Waals surface area contributed by atoms with E-state index in [2.05, 4.69) is 0 Å². The Morgan fingerprint density at radius 3 is 0.889 bits per heavy atom. The molecule has 0 spiro atoms. The predicted molar refractivity (Wildman–Crippen MR) is 33.8 cm³/mol. The van der Waals surface area contributed by atoms with Gasteiger partial charge < -0.3 is 0 Å². The molecule has 0 heterocycles. The minimum atomic E-state index is -2.86. The van der Waals surface area contributed by atoms with Gasteiger partial charge in [0.15, 0.2) is 0 Å². The summed E-state index contributed by atoms with van der Waals surface area (Å²) in [5, 5.41) is 0. The van der Waals surface area contributed by atoms with Crippen molar-refractivity contribution in [2.75, 3.05) is 28.4 Å². The van der Waals surface area contributed by atoms with Crippen molar-refractivity contribution in [1.29, 1.82) is 0 Å². The molecule has 0 fully saturated rings. The summed E-state index contributed by atoms with van der Waals surface area (Å²) in [6.07, 6.45) is 0. The van der Waals surface area contributed by atoms with Crippen molar-refractivity contribution in [3.8, 4) is 0 Å². The Labute approximate surface area is 58.6 Å². The van der Waals surface area contributed by atoms with E-state index in [0.29, 0.717) is 0 Å². The van der Waals surface area contributed by atoms with Gasteiger partial charge in [-0.1, -0.05) is 0 Å². The summed E-state index contributed by atoms with van der Waals surface area (Å²) in [5.74, 6) is 0. The van der Waals surface area contributed by atoms with Crippen LogP contribution in [0.5, 0.6) is 0 Å². The molecule has 0 saturated heterocycles. The molecular weight excluding hydrogens is 191 g/mol. The van der Waals surface area contributed by atoms with Crippen LogP contribution in [0.25, 0.3) is 0 Å². The normalized spacial score (nSPS) is 13.8. The molecular formula is C4H12O4Se. The van der Waals surface area contributed by atoms with E-state index in [1.54, 1.807) is 0 Å². The van der Waals surface area contributed by atoms with E-state index in [1.807, 2.05) is 0 Å². The third kappa shape index (κ3) is 2.21. The molecule has 5 heteroatoms. The molecule has 58 valence electrons. The Hall–Kier alpha value is 0.359. The van der Waals surface area contributed by atoms with Gasteiger partial charge >= 0.3 is 57.9 Å². The molecule has 0 aromatic carbocycles. The third-order valence-corrected chi connectivity index (χ3v) is 4.24. The van der Waals surface area contributed by atoms with E-state index in [0.717, 1.165) is 0 Å². The Kier molecular flexibility index (Phi) is 4.39. The molecule has 0 atom stereocenters. The zero-order valence-corrected chi connectivity index (χ0v) is 7.75. The van der Waals surface area contributed by atoms with Gasteiger partial charge in [0.2, 0.25) is 0 Å². The van der Waals surface area contributed by atoms with Crippen LogP contribution in [0.15, 0.2) is 0 Å². The standard InChI is InChI=1S/C4H12O4Se/c1-5-9(6-2,7-3)8-4/h1-4H3. The maximum atomic E-state index is 4.88. The van der Waals surface area contributed by atoms with Crippen LogP contribution in [0.4, 0.5) is 0 Å². The molecule has 0 rings (SSSR count). The van der Waals surface area contributed by atoms with Gasteiger partial charge in [0.25, 0.3) is 0 Å². The predicted octanol–water partition coefficient (Wildman–Crippen LogP) is 0.00760. The molecule has 4 nitrogen and oxygen atoms in total. The molecule has 0 aliphatic rings. The van der Waals surface area contributed by atoms with Gasteiger partial charge in [-0.2, -0.15) is 0 Å². The van der Waals surface area contributed by atoms with Crippen LogP contribution >= 0.6 is 0 Å². The summed E-state index contributed by atoms with van der Waals surface area (Å²) in [5.41, 5.74) is 0. The van der Waals surface area contributed by atoms with E-state index in [4.69, 9.17) is 15.3 Å². The summed E-state index contributed by atoms with van der Waals surface area (Å²) in [7, 11) is 5.99. The Bertz CT molecular complexity index is 55.5. The van der Waals surface area contributed by atoms with Crippen molar-refractivity contribution in [2.45, 2.75) is 0 Å². The van der Waals surface area contributed by atoms with Crippen molar-refractivity contribution in [3.05, 3.63) is 0 Å². The average Bonchev–Trinajstić information content (AvgIpc) is 1.95. The molecule has 0 aliphatic carbocycles. The molecule has 0 amide bonds. The van der Waals surface area contributed by atoms with Gasteiger partial charge in [-0.15, -0.1) is 0 Å². The first-order valence-corrected chi connectivity index (χ1v) is 5.10. The molecule has 0 aromatic heterocycles. The summed E-state index contributed by atoms with van der Waals surface area (Å²) in [6.45, 7) is 0. The first-order valence-electron chi connectivity index (χ1n) is 2.30. The van der Waals surface area contributed by atoms with Crippen LogP contribution in [-0.2, 0) is 15.3 Å². The fraction of sp³-hybridized carbons (Fsp3) is 1.00. The summed E-state index contributed by atoms with van der Waals surface area (Å²) in [6, 6.07) is 0. The quantitative estimate of drug-likeness (QED) is 0.603. The van der Waals surface area contributed by atoms with E-state index < -0.39 is 14.2 Å². The van der Waals surface area contributed by atoms with E-state index in [9.17, 15) is 0 Å². The second kappa shape index (κ2) is 4.22. The van der Waals surface area contributed by atoms with Crippen LogP contribution in [0, 0.1) is 0 Å². The third-order valence-electron chi connectivity index (χ3n) is 0.816. The van der Waals surface area contributed by atoms with Crippen LogP contribution in [0.1, 0.15) is 0 Å². The van der Waals surface area contributed by atoms with E-state index >= 15 is 0 Å². The molecule has 0 aromatic rings. The van der Waals surface area contributed by atoms with E-state index in [1.165, 1.54) is 28.4 Å². The minimum absolute atomic E-state index is 1.50. The van der Waals surface area contributed by atoms with Crippen LogP contribution in [0.3, 0.4) is 0 Å². The van der Waals surface area contributed by atoms with Crippen molar-refractivity contribution < 1.29 is 15.3 Å². The van der Waals surface area contributed by atoms with Gasteiger partial charge in [-0.05, 0) is 0 Å². The van der Waals surface area contributed by atoms with Crippen LogP contribution in [-0.4, -0.2) is 42.6 Å². The fourth-order valence-corrected chi connectivity index (χ4v) is 2.12. The Morgan fingerprint density at radius 2 is 0.889 bits per heavy atom. The second-order valence-electron chi connectivity index (χ2n) is 1.07. The van der Waals surface area contributed by atoms with Gasteiger partial charge in [-0.25, -0.2) is 0 Å². The Balaban J connectivity index is 3.82. The summed E-state index contributed by atoms with van der Waals surface area (Å²) in [4.78, 5) is 0. The number of hydrogen-bond donors (Lipinski definition) is 0. The summed E-state index contributed by atoms with van der Waals surface area (Å²) < 4.78 is 19.5. The van der Waals surface area contributed by atoms with Crippen molar-refractivity contribution >= 4 is 14.2 Å². The number of rotatable bonds is 4. The van der Waals surface area contributed by atoms with Crippen LogP contribution < -0.4 is 0 Å². The topological polar surface area (TPSA) is 36.9 Å². The molecule has 0 radical (unpaired) electrons. The Morgan fingerprint density at radius 1 is 0.667 bits per heavy atom. The molecule has 0 bridgehead atoms. The average molecular weight is 203 g/mol. The first kappa shape index (κ1) is 9.36. The fourth-order valence-electron chi connectivity index (χ4n) is 0.408. The summed E-state index contributed by atoms with van der Waals surface area (Å²) >= 11 is -2.86. The van der Waals surface area contributed by atoms with Gasteiger partial charge in [0.05, 0.1) is 0 Å². The SMILES string of the molecule is CO[Se](OC)(OC)OC. The molecule has 9 heavy (non-hydrogen) atoms. The molecule has 0 saturated carbocycles. The second-order valence-corrected chi connectivity index (χ2v) is 5.59. The molecule has 0 unspecified atom stereocenters. The van der Waals surface area contributed by atoms with E-state index in [-0.39, 0.29) is 0 Å². The van der Waals surface area contributed by atoms with Gasteiger partial charge in [-0.3, -0.25) is 0 Å². The van der Waals surface area contributed by atoms with Gasteiger partial charge in [0, 0.05) is 0 Å². The van der Waals surface area contributed by atoms with Crippen LogP contribution in [0.2, 0.25) is 0 Å². The molecule has 0 aliphatic heterocycles. The zero-order valence-electron chi connectivity index (χ0n) is 6.04. The monoisotopic (exact) mass is 204 g/mol. The van der Waals surface area contributed by atoms with Crippen molar-refractivity contribution in [3.63, 3.8) is 0 Å².